The topological polar surface area (TPSA) is 47.3 Å². The Morgan fingerprint density at radius 2 is 2.16 bits per heavy atom. The van der Waals surface area contributed by atoms with Crippen molar-refractivity contribution >= 4 is 0 Å². The molecule has 0 aliphatic rings. The first-order valence-electron chi connectivity index (χ1n) is 5.81. The van der Waals surface area contributed by atoms with Gasteiger partial charge < -0.3 is 14.6 Å². The quantitative estimate of drug-likeness (QED) is 0.817. The Morgan fingerprint density at radius 1 is 1.32 bits per heavy atom. The van der Waals surface area contributed by atoms with Gasteiger partial charge in [-0.25, -0.2) is 8.78 Å². The van der Waals surface area contributed by atoms with Crippen molar-refractivity contribution < 1.29 is 18.0 Å². The molecule has 0 aliphatic heterocycles. The van der Waals surface area contributed by atoms with Crippen LogP contribution in [-0.4, -0.2) is 25.4 Å². The molecule has 0 unspecified atom stereocenters. The number of halogens is 2. The number of hydrogen-bond acceptors (Lipinski definition) is 4. The van der Waals surface area contributed by atoms with Crippen molar-refractivity contribution in [3.8, 4) is 11.3 Å². The van der Waals surface area contributed by atoms with E-state index in [9.17, 15) is 8.78 Å². The van der Waals surface area contributed by atoms with Crippen LogP contribution in [0.5, 0.6) is 0 Å². The van der Waals surface area contributed by atoms with E-state index < -0.39 is 11.6 Å². The van der Waals surface area contributed by atoms with Crippen LogP contribution < -0.4 is 5.32 Å². The summed E-state index contributed by atoms with van der Waals surface area (Å²) in [6.45, 7) is 1.78. The number of nitrogens with one attached hydrogen (secondary N) is 1. The largest absolute Gasteiger partial charge is 0.383 e. The number of methoxy groups -OCH3 is 1. The summed E-state index contributed by atoms with van der Waals surface area (Å²) in [6.07, 6.45) is 1.55. The fourth-order valence-electron chi connectivity index (χ4n) is 1.66. The average molecular weight is 268 g/mol. The van der Waals surface area contributed by atoms with E-state index in [2.05, 4.69) is 10.5 Å². The summed E-state index contributed by atoms with van der Waals surface area (Å²) in [4.78, 5) is 0. The highest BCUT2D eigenvalue weighted by molar-refractivity contribution is 5.60. The molecule has 1 aromatic carbocycles. The summed E-state index contributed by atoms with van der Waals surface area (Å²) in [5.41, 5.74) is 1.24. The maximum absolute atomic E-state index is 13.2. The average Bonchev–Trinajstić information content (AvgIpc) is 2.86. The molecule has 0 saturated carbocycles. The zero-order chi connectivity index (χ0) is 13.7. The number of benzene rings is 1. The first kappa shape index (κ1) is 13.6. The lowest BCUT2D eigenvalue weighted by molar-refractivity contribution is 0.199. The normalized spacial score (nSPS) is 10.9. The summed E-state index contributed by atoms with van der Waals surface area (Å²) in [6, 6.07) is 3.61. The first-order valence-corrected chi connectivity index (χ1v) is 5.81. The maximum atomic E-state index is 13.2. The monoisotopic (exact) mass is 268 g/mol. The van der Waals surface area contributed by atoms with Crippen molar-refractivity contribution in [2.45, 2.75) is 6.54 Å². The molecule has 19 heavy (non-hydrogen) atoms. The van der Waals surface area contributed by atoms with Crippen LogP contribution in [0.15, 0.2) is 28.9 Å². The highest BCUT2D eigenvalue weighted by Gasteiger charge is 2.12. The summed E-state index contributed by atoms with van der Waals surface area (Å²) < 4.78 is 36.1. The highest BCUT2D eigenvalue weighted by Crippen LogP contribution is 2.25. The smallest absolute Gasteiger partial charge is 0.171 e. The van der Waals surface area contributed by atoms with Crippen LogP contribution in [0, 0.1) is 11.6 Å². The van der Waals surface area contributed by atoms with Gasteiger partial charge >= 0.3 is 0 Å². The van der Waals surface area contributed by atoms with Crippen LogP contribution in [0.3, 0.4) is 0 Å². The van der Waals surface area contributed by atoms with Gasteiger partial charge in [0.05, 0.1) is 12.8 Å². The Bertz CT molecular complexity index is 543. The van der Waals surface area contributed by atoms with Crippen molar-refractivity contribution in [1.29, 1.82) is 0 Å². The van der Waals surface area contributed by atoms with Gasteiger partial charge in [0.25, 0.3) is 0 Å². The lowest BCUT2D eigenvalue weighted by Gasteiger charge is -2.04. The van der Waals surface area contributed by atoms with Crippen LogP contribution in [0.2, 0.25) is 0 Å². The molecule has 0 aliphatic carbocycles. The van der Waals surface area contributed by atoms with E-state index in [1.807, 2.05) is 0 Å². The highest BCUT2D eigenvalue weighted by atomic mass is 19.2. The van der Waals surface area contributed by atoms with Gasteiger partial charge in [-0.3, -0.25) is 0 Å². The zero-order valence-electron chi connectivity index (χ0n) is 10.5. The van der Waals surface area contributed by atoms with Gasteiger partial charge in [-0.2, -0.15) is 0 Å². The Hall–Kier alpha value is -1.79. The predicted octanol–water partition coefficient (Wildman–Crippen LogP) is 2.36. The third kappa shape index (κ3) is 3.36. The lowest BCUT2D eigenvalue weighted by Crippen LogP contribution is -2.18. The lowest BCUT2D eigenvalue weighted by atomic mass is 10.1. The van der Waals surface area contributed by atoms with E-state index in [1.165, 1.54) is 6.07 Å². The van der Waals surface area contributed by atoms with E-state index in [0.29, 0.717) is 31.0 Å². The predicted molar refractivity (Wildman–Crippen MR) is 65.4 cm³/mol. The first-order chi connectivity index (χ1) is 9.22. The van der Waals surface area contributed by atoms with Gasteiger partial charge in [-0.1, -0.05) is 5.16 Å². The van der Waals surface area contributed by atoms with Gasteiger partial charge in [-0.05, 0) is 18.2 Å². The van der Waals surface area contributed by atoms with Crippen molar-refractivity contribution in [2.24, 2.45) is 0 Å². The van der Waals surface area contributed by atoms with Crippen molar-refractivity contribution in [1.82, 2.24) is 10.5 Å². The molecule has 2 rings (SSSR count). The maximum Gasteiger partial charge on any atom is 0.171 e. The summed E-state index contributed by atoms with van der Waals surface area (Å²) in [5, 5.41) is 6.82. The molecule has 0 bridgehead atoms. The third-order valence-corrected chi connectivity index (χ3v) is 2.62. The standard InChI is InChI=1S/C13H14F2N2O2/c1-18-5-4-16-7-10-8-17-19-13(10)9-2-3-11(14)12(15)6-9/h2-3,6,8,16H,4-5,7H2,1H3. The molecule has 1 aromatic heterocycles. The summed E-state index contributed by atoms with van der Waals surface area (Å²) in [5.74, 6) is -1.36. The molecular formula is C13H14F2N2O2. The second kappa shape index (κ2) is 6.40. The van der Waals surface area contributed by atoms with E-state index in [4.69, 9.17) is 9.26 Å². The Balaban J connectivity index is 2.12. The second-order valence-electron chi connectivity index (χ2n) is 3.98. The SMILES string of the molecule is COCCNCc1cnoc1-c1ccc(F)c(F)c1. The fraction of sp³-hybridized carbons (Fsp3) is 0.308. The Labute approximate surface area is 109 Å². The van der Waals surface area contributed by atoms with Gasteiger partial charge in [-0.15, -0.1) is 0 Å². The van der Waals surface area contributed by atoms with Crippen molar-refractivity contribution in [3.63, 3.8) is 0 Å². The van der Waals surface area contributed by atoms with Crippen molar-refractivity contribution in [2.75, 3.05) is 20.3 Å². The van der Waals surface area contributed by atoms with E-state index >= 15 is 0 Å². The summed E-state index contributed by atoms with van der Waals surface area (Å²) in [7, 11) is 1.62. The minimum absolute atomic E-state index is 0.434. The van der Waals surface area contributed by atoms with Crippen LogP contribution in [0.1, 0.15) is 5.56 Å². The van der Waals surface area contributed by atoms with Gasteiger partial charge in [0, 0.05) is 31.3 Å². The molecule has 2 aromatic rings. The fourth-order valence-corrected chi connectivity index (χ4v) is 1.66. The zero-order valence-corrected chi connectivity index (χ0v) is 10.5. The number of nitrogens with zero attached hydrogens (tertiary/aromatic N) is 1. The van der Waals surface area contributed by atoms with E-state index in [1.54, 1.807) is 13.3 Å². The number of hydrogen-bond donors (Lipinski definition) is 1. The molecule has 0 atom stereocenters. The second-order valence-corrected chi connectivity index (χ2v) is 3.98. The molecule has 1 N–H and O–H groups in total. The number of aromatic nitrogens is 1. The van der Waals surface area contributed by atoms with Crippen LogP contribution in [0.4, 0.5) is 8.78 Å². The van der Waals surface area contributed by atoms with Gasteiger partial charge in [0.1, 0.15) is 0 Å². The van der Waals surface area contributed by atoms with Crippen molar-refractivity contribution in [3.05, 3.63) is 41.6 Å². The summed E-state index contributed by atoms with van der Waals surface area (Å²) >= 11 is 0. The van der Waals surface area contributed by atoms with Crippen LogP contribution in [0.25, 0.3) is 11.3 Å². The van der Waals surface area contributed by atoms with E-state index in [0.717, 1.165) is 17.7 Å². The molecule has 4 nitrogen and oxygen atoms in total. The molecule has 6 heteroatoms. The molecular weight excluding hydrogens is 254 g/mol. The van der Waals surface area contributed by atoms with Gasteiger partial charge in [0.2, 0.25) is 0 Å². The molecule has 102 valence electrons. The Morgan fingerprint density at radius 3 is 2.89 bits per heavy atom. The molecule has 0 amide bonds. The number of ether oxygens (including phenoxy) is 1. The van der Waals surface area contributed by atoms with Gasteiger partial charge in [0.15, 0.2) is 17.4 Å². The molecule has 0 saturated heterocycles. The molecule has 0 spiro atoms. The molecule has 0 fully saturated rings. The molecule has 0 radical (unpaired) electrons. The molecule has 1 heterocycles. The number of rotatable bonds is 6. The minimum atomic E-state index is -0.910. The minimum Gasteiger partial charge on any atom is -0.383 e. The third-order valence-electron chi connectivity index (χ3n) is 2.62. The van der Waals surface area contributed by atoms with Crippen LogP contribution >= 0.6 is 0 Å². The Kier molecular flexibility index (Phi) is 4.59. The van der Waals surface area contributed by atoms with Crippen LogP contribution in [-0.2, 0) is 11.3 Å². The van der Waals surface area contributed by atoms with E-state index in [-0.39, 0.29) is 0 Å².